The van der Waals surface area contributed by atoms with Crippen LogP contribution in [0.3, 0.4) is 0 Å². The first-order valence-electron chi connectivity index (χ1n) is 9.10. The number of piperidine rings is 1. The number of H-pyrrole nitrogens is 1. The Kier molecular flexibility index (Phi) is 3.17. The normalized spacial score (nSPS) is 24.5. The van der Waals surface area contributed by atoms with Crippen LogP contribution in [0.25, 0.3) is 11.0 Å². The van der Waals surface area contributed by atoms with Crippen molar-refractivity contribution in [1.29, 1.82) is 0 Å². The molecule has 0 saturated carbocycles. The summed E-state index contributed by atoms with van der Waals surface area (Å²) in [6, 6.07) is 11.5. The van der Waals surface area contributed by atoms with Gasteiger partial charge in [0.1, 0.15) is 5.75 Å². The second-order valence-corrected chi connectivity index (χ2v) is 7.85. The minimum absolute atomic E-state index is 0.0289. The van der Waals surface area contributed by atoms with Crippen LogP contribution >= 0.6 is 0 Å². The molecule has 0 radical (unpaired) electrons. The van der Waals surface area contributed by atoms with Gasteiger partial charge in [0, 0.05) is 18.2 Å². The van der Waals surface area contributed by atoms with Gasteiger partial charge in [-0.1, -0.05) is 13.0 Å². The van der Waals surface area contributed by atoms with Gasteiger partial charge in [-0.05, 0) is 66.1 Å². The van der Waals surface area contributed by atoms with Crippen LogP contribution < -0.4 is 0 Å². The van der Waals surface area contributed by atoms with Crippen molar-refractivity contribution in [2.75, 3.05) is 6.54 Å². The Hall–Kier alpha value is -2.82. The van der Waals surface area contributed by atoms with Crippen molar-refractivity contribution in [3.8, 4) is 5.75 Å². The predicted molar refractivity (Wildman–Crippen MR) is 99.3 cm³/mol. The third kappa shape index (κ3) is 2.23. The first-order valence-corrected chi connectivity index (χ1v) is 9.10. The van der Waals surface area contributed by atoms with Gasteiger partial charge in [0.05, 0.1) is 17.4 Å². The molecule has 2 heterocycles. The maximum absolute atomic E-state index is 13.2. The summed E-state index contributed by atoms with van der Waals surface area (Å²) in [5.74, 6) is 0.422. The van der Waals surface area contributed by atoms with Gasteiger partial charge in [-0.25, -0.2) is 4.98 Å². The summed E-state index contributed by atoms with van der Waals surface area (Å²) in [5.41, 5.74) is 5.01. The Bertz CT molecular complexity index is 1030. The first kappa shape index (κ1) is 15.4. The zero-order valence-corrected chi connectivity index (χ0v) is 14.7. The average molecular weight is 347 g/mol. The highest BCUT2D eigenvalue weighted by atomic mass is 16.3. The third-order valence-corrected chi connectivity index (χ3v) is 6.16. The number of amides is 1. The molecule has 26 heavy (non-hydrogen) atoms. The largest absolute Gasteiger partial charge is 0.508 e. The smallest absolute Gasteiger partial charge is 0.254 e. The number of likely N-dealkylation sites (tertiary alicyclic amines) is 1. The van der Waals surface area contributed by atoms with Crippen LogP contribution in [0.2, 0.25) is 0 Å². The quantitative estimate of drug-likeness (QED) is 0.709. The van der Waals surface area contributed by atoms with Crippen molar-refractivity contribution in [1.82, 2.24) is 14.9 Å². The fourth-order valence-corrected chi connectivity index (χ4v) is 4.77. The molecule has 5 nitrogen and oxygen atoms in total. The standard InChI is InChI=1S/C21H21N3O2/c1-21-6-7-24(15(11-21)8-13-2-4-16(25)10-17(13)21)20(26)14-3-5-18-19(9-14)23-12-22-18/h2-5,9-10,12,15,25H,6-8,11H2,1H3,(H,22,23). The van der Waals surface area contributed by atoms with Crippen LogP contribution in [0.1, 0.15) is 41.3 Å². The number of fused-ring (bicyclic) bond motifs is 5. The Labute approximate surface area is 151 Å². The molecule has 2 aliphatic rings. The van der Waals surface area contributed by atoms with Crippen molar-refractivity contribution < 1.29 is 9.90 Å². The van der Waals surface area contributed by atoms with Gasteiger partial charge in [-0.2, -0.15) is 0 Å². The maximum Gasteiger partial charge on any atom is 0.254 e. The van der Waals surface area contributed by atoms with Gasteiger partial charge in [-0.15, -0.1) is 0 Å². The number of carbonyl (C=O) groups excluding carboxylic acids is 1. The number of hydrogen-bond donors (Lipinski definition) is 2. The van der Waals surface area contributed by atoms with E-state index >= 15 is 0 Å². The van der Waals surface area contributed by atoms with Gasteiger partial charge in [-0.3, -0.25) is 4.79 Å². The highest BCUT2D eigenvalue weighted by molar-refractivity contribution is 5.97. The number of phenols is 1. The number of carbonyl (C=O) groups is 1. The fourth-order valence-electron chi connectivity index (χ4n) is 4.77. The Balaban J connectivity index is 1.48. The molecule has 2 atom stereocenters. The number of nitrogens with zero attached hydrogens (tertiary/aromatic N) is 2. The summed E-state index contributed by atoms with van der Waals surface area (Å²) in [5, 5.41) is 9.88. The van der Waals surface area contributed by atoms with E-state index in [0.29, 0.717) is 11.3 Å². The molecule has 2 unspecified atom stereocenters. The third-order valence-electron chi connectivity index (χ3n) is 6.16. The molecule has 1 amide bonds. The number of rotatable bonds is 1. The van der Waals surface area contributed by atoms with Crippen molar-refractivity contribution in [3.05, 3.63) is 59.4 Å². The Morgan fingerprint density at radius 2 is 2.19 bits per heavy atom. The molecule has 1 aromatic heterocycles. The van der Waals surface area contributed by atoms with Gasteiger partial charge in [0.15, 0.2) is 0 Å². The van der Waals surface area contributed by atoms with E-state index in [1.54, 1.807) is 12.4 Å². The lowest BCUT2D eigenvalue weighted by molar-refractivity contribution is 0.0489. The van der Waals surface area contributed by atoms with Gasteiger partial charge in [0.2, 0.25) is 0 Å². The average Bonchev–Trinajstić information content (AvgIpc) is 3.10. The number of phenolic OH excluding ortho intramolecular Hbond substituents is 1. The molecule has 2 aromatic carbocycles. The van der Waals surface area contributed by atoms with Gasteiger partial charge < -0.3 is 15.0 Å². The van der Waals surface area contributed by atoms with E-state index < -0.39 is 0 Å². The van der Waals surface area contributed by atoms with Crippen molar-refractivity contribution in [2.45, 2.75) is 37.6 Å². The monoisotopic (exact) mass is 347 g/mol. The van der Waals surface area contributed by atoms with Crippen molar-refractivity contribution in [2.24, 2.45) is 0 Å². The number of nitrogens with one attached hydrogen (secondary N) is 1. The molecular weight excluding hydrogens is 326 g/mol. The number of hydrogen-bond acceptors (Lipinski definition) is 3. The van der Waals surface area contributed by atoms with Crippen LogP contribution in [0.15, 0.2) is 42.7 Å². The lowest BCUT2D eigenvalue weighted by Crippen LogP contribution is -2.54. The van der Waals surface area contributed by atoms with E-state index in [1.807, 2.05) is 35.2 Å². The lowest BCUT2D eigenvalue weighted by Gasteiger charge is -2.49. The summed E-state index contributed by atoms with van der Waals surface area (Å²) in [4.78, 5) is 22.5. The summed E-state index contributed by atoms with van der Waals surface area (Å²) in [6.07, 6.45) is 4.36. The molecule has 2 bridgehead atoms. The summed E-state index contributed by atoms with van der Waals surface area (Å²) < 4.78 is 0. The van der Waals surface area contributed by atoms with Crippen LogP contribution in [-0.4, -0.2) is 38.5 Å². The molecule has 132 valence electrons. The molecule has 5 heteroatoms. The summed E-state index contributed by atoms with van der Waals surface area (Å²) >= 11 is 0. The van der Waals surface area contributed by atoms with Gasteiger partial charge in [0.25, 0.3) is 5.91 Å². The van der Waals surface area contributed by atoms with Crippen molar-refractivity contribution in [3.63, 3.8) is 0 Å². The number of aromatic amines is 1. The zero-order valence-electron chi connectivity index (χ0n) is 14.7. The molecule has 3 aromatic rings. The number of benzene rings is 2. The number of imidazole rings is 1. The Morgan fingerprint density at radius 1 is 1.31 bits per heavy atom. The molecular formula is C21H21N3O2. The molecule has 2 N–H and O–H groups in total. The van der Waals surface area contributed by atoms with Crippen LogP contribution in [0.4, 0.5) is 0 Å². The Morgan fingerprint density at radius 3 is 3.08 bits per heavy atom. The summed E-state index contributed by atoms with van der Waals surface area (Å²) in [7, 11) is 0. The van der Waals surface area contributed by atoms with Crippen LogP contribution in [0.5, 0.6) is 5.75 Å². The SMILES string of the molecule is CC12CCN(C(=O)c3ccc4nc[nH]c4c3)C(Cc3ccc(O)cc31)C2. The zero-order chi connectivity index (χ0) is 17.9. The van der Waals surface area contributed by atoms with E-state index in [4.69, 9.17) is 0 Å². The van der Waals surface area contributed by atoms with Crippen molar-refractivity contribution >= 4 is 16.9 Å². The lowest BCUT2D eigenvalue weighted by atomic mass is 9.65. The van der Waals surface area contributed by atoms with E-state index in [9.17, 15) is 9.90 Å². The molecule has 0 spiro atoms. The number of aromatic hydroxyl groups is 1. The van der Waals surface area contributed by atoms with Gasteiger partial charge >= 0.3 is 0 Å². The van der Waals surface area contributed by atoms with E-state index in [1.165, 1.54) is 11.1 Å². The number of aromatic nitrogens is 2. The molecule has 1 aliphatic heterocycles. The summed E-state index contributed by atoms with van der Waals surface area (Å²) in [6.45, 7) is 3.01. The molecule has 1 saturated heterocycles. The van der Waals surface area contributed by atoms with E-state index in [2.05, 4.69) is 16.9 Å². The molecule has 1 fully saturated rings. The molecule has 5 rings (SSSR count). The van der Waals surface area contributed by atoms with E-state index in [0.717, 1.165) is 36.8 Å². The van der Waals surface area contributed by atoms with E-state index in [-0.39, 0.29) is 17.4 Å². The molecule has 1 aliphatic carbocycles. The maximum atomic E-state index is 13.2. The van der Waals surface area contributed by atoms with Crippen LogP contribution in [-0.2, 0) is 11.8 Å². The highest BCUT2D eigenvalue weighted by Crippen LogP contribution is 2.45. The highest BCUT2D eigenvalue weighted by Gasteiger charge is 2.44. The first-order chi connectivity index (χ1) is 12.5. The second-order valence-electron chi connectivity index (χ2n) is 7.85. The minimum Gasteiger partial charge on any atom is -0.508 e. The predicted octanol–water partition coefficient (Wildman–Crippen LogP) is 3.39. The topological polar surface area (TPSA) is 69.2 Å². The van der Waals surface area contributed by atoms with Crippen LogP contribution in [0, 0.1) is 0 Å². The minimum atomic E-state index is 0.0289. The fraction of sp³-hybridized carbons (Fsp3) is 0.333. The second kappa shape index (κ2) is 5.34.